The van der Waals surface area contributed by atoms with Crippen molar-refractivity contribution in [3.05, 3.63) is 62.9 Å². The number of benzene rings is 2. The fraction of sp³-hybridized carbons (Fsp3) is 0.261. The van der Waals surface area contributed by atoms with Gasteiger partial charge in [-0.15, -0.1) is 0 Å². The monoisotopic (exact) mass is 556 g/mol. The van der Waals surface area contributed by atoms with Gasteiger partial charge in [-0.05, 0) is 30.3 Å². The van der Waals surface area contributed by atoms with Crippen LogP contribution in [0.1, 0.15) is 23.2 Å². The van der Waals surface area contributed by atoms with E-state index in [-0.39, 0.29) is 53.4 Å². The molecule has 0 aliphatic carbocycles. The lowest BCUT2D eigenvalue weighted by Gasteiger charge is -2.20. The molecular formula is C23H20N6O7S2. The molecule has 196 valence electrons. The topological polar surface area (TPSA) is 189 Å². The molecule has 0 spiro atoms. The number of thiazole rings is 1. The SMILES string of the molecule is COC(=O)Cn1c(=NC(=O)c2ccc(S(=O)(=O)N(CCC#N)CCC#N)cc2)sc2cc([N+](=O)[O-])ccc21. The fourth-order valence-corrected chi connectivity index (χ4v) is 5.88. The van der Waals surface area contributed by atoms with Crippen molar-refractivity contribution in [2.24, 2.45) is 4.99 Å². The molecule has 3 aromatic rings. The Morgan fingerprint density at radius 3 is 2.32 bits per heavy atom. The zero-order chi connectivity index (χ0) is 27.9. The molecule has 1 aromatic heterocycles. The standard InChI is InChI=1S/C23H20N6O7S2/c1-36-21(30)15-28-19-9-6-17(29(32)33)14-20(19)37-23(28)26-22(31)16-4-7-18(8-5-16)38(34,35)27(12-2-10-24)13-3-11-25/h4-9,14H,2-3,12-13,15H2,1H3. The van der Waals surface area contributed by atoms with E-state index in [1.54, 1.807) is 0 Å². The Kier molecular flexibility index (Phi) is 9.03. The largest absolute Gasteiger partial charge is 0.468 e. The molecule has 0 atom stereocenters. The molecule has 0 saturated heterocycles. The Hall–Kier alpha value is -4.44. The number of sulfonamides is 1. The van der Waals surface area contributed by atoms with Crippen LogP contribution in [0.5, 0.6) is 0 Å². The summed E-state index contributed by atoms with van der Waals surface area (Å²) in [5.41, 5.74) is 0.323. The molecule has 0 radical (unpaired) electrons. The second-order valence-corrected chi connectivity index (χ2v) is 10.6. The summed E-state index contributed by atoms with van der Waals surface area (Å²) in [6, 6.07) is 12.8. The number of carbonyl (C=O) groups excluding carboxylic acids is 2. The van der Waals surface area contributed by atoms with Gasteiger partial charge in [-0.3, -0.25) is 19.7 Å². The Balaban J connectivity index is 1.98. The van der Waals surface area contributed by atoms with Crippen molar-refractivity contribution in [1.82, 2.24) is 8.87 Å². The molecule has 13 nitrogen and oxygen atoms in total. The molecule has 0 saturated carbocycles. The van der Waals surface area contributed by atoms with Crippen LogP contribution in [0.3, 0.4) is 0 Å². The lowest BCUT2D eigenvalue weighted by Crippen LogP contribution is -2.32. The molecule has 15 heteroatoms. The van der Waals surface area contributed by atoms with E-state index in [2.05, 4.69) is 4.99 Å². The van der Waals surface area contributed by atoms with Gasteiger partial charge in [0.15, 0.2) is 4.80 Å². The Labute approximate surface area is 220 Å². The zero-order valence-corrected chi connectivity index (χ0v) is 21.6. The van der Waals surface area contributed by atoms with Crippen LogP contribution in [0.2, 0.25) is 0 Å². The number of hydrogen-bond acceptors (Lipinski definition) is 10. The number of ether oxygens (including phenoxy) is 1. The van der Waals surface area contributed by atoms with Gasteiger partial charge in [-0.1, -0.05) is 11.3 Å². The molecule has 0 bridgehead atoms. The van der Waals surface area contributed by atoms with Gasteiger partial charge in [0, 0.05) is 43.6 Å². The van der Waals surface area contributed by atoms with Crippen molar-refractivity contribution in [2.75, 3.05) is 20.2 Å². The van der Waals surface area contributed by atoms with Crippen molar-refractivity contribution in [3.63, 3.8) is 0 Å². The molecule has 0 aliphatic heterocycles. The lowest BCUT2D eigenvalue weighted by molar-refractivity contribution is -0.384. The predicted octanol–water partition coefficient (Wildman–Crippen LogP) is 2.34. The average molecular weight is 557 g/mol. The summed E-state index contributed by atoms with van der Waals surface area (Å²) >= 11 is 0.965. The van der Waals surface area contributed by atoms with Gasteiger partial charge in [0.25, 0.3) is 11.6 Å². The van der Waals surface area contributed by atoms with E-state index in [1.165, 1.54) is 54.1 Å². The van der Waals surface area contributed by atoms with Crippen LogP contribution < -0.4 is 4.80 Å². The summed E-state index contributed by atoms with van der Waals surface area (Å²) in [5, 5.41) is 28.8. The molecular weight excluding hydrogens is 536 g/mol. The number of amides is 1. The lowest BCUT2D eigenvalue weighted by atomic mass is 10.2. The predicted molar refractivity (Wildman–Crippen MR) is 134 cm³/mol. The number of methoxy groups -OCH3 is 1. The van der Waals surface area contributed by atoms with E-state index in [4.69, 9.17) is 15.3 Å². The first-order valence-corrected chi connectivity index (χ1v) is 13.2. The van der Waals surface area contributed by atoms with Crippen molar-refractivity contribution in [1.29, 1.82) is 10.5 Å². The number of non-ortho nitro benzene ring substituents is 1. The van der Waals surface area contributed by atoms with Gasteiger partial charge in [0.1, 0.15) is 6.54 Å². The minimum absolute atomic E-state index is 0.0516. The first-order valence-electron chi connectivity index (χ1n) is 10.9. The third-order valence-electron chi connectivity index (χ3n) is 5.27. The molecule has 0 aliphatic rings. The van der Waals surface area contributed by atoms with Crippen molar-refractivity contribution < 1.29 is 27.7 Å². The Morgan fingerprint density at radius 1 is 1.13 bits per heavy atom. The molecule has 0 unspecified atom stereocenters. The molecule has 1 heterocycles. The van der Waals surface area contributed by atoms with Crippen molar-refractivity contribution >= 4 is 49.1 Å². The second kappa shape index (κ2) is 12.2. The Bertz CT molecular complexity index is 1630. The maximum absolute atomic E-state index is 13.0. The van der Waals surface area contributed by atoms with E-state index in [9.17, 15) is 28.1 Å². The Morgan fingerprint density at radius 2 is 1.76 bits per heavy atom. The van der Waals surface area contributed by atoms with Gasteiger partial charge in [-0.2, -0.15) is 19.8 Å². The summed E-state index contributed by atoms with van der Waals surface area (Å²) in [7, 11) is -2.82. The van der Waals surface area contributed by atoms with E-state index < -0.39 is 26.8 Å². The minimum Gasteiger partial charge on any atom is -0.468 e. The van der Waals surface area contributed by atoms with E-state index >= 15 is 0 Å². The normalized spacial score (nSPS) is 11.7. The van der Waals surface area contributed by atoms with Gasteiger partial charge in [0.05, 0.1) is 39.3 Å². The summed E-state index contributed by atoms with van der Waals surface area (Å²) < 4.78 is 33.5. The van der Waals surface area contributed by atoms with Crippen molar-refractivity contribution in [3.8, 4) is 12.1 Å². The third kappa shape index (κ3) is 6.27. The maximum atomic E-state index is 13.0. The van der Waals surface area contributed by atoms with Crippen molar-refractivity contribution in [2.45, 2.75) is 24.3 Å². The number of nitro benzene ring substituents is 1. The fourth-order valence-electron chi connectivity index (χ4n) is 3.38. The summed E-state index contributed by atoms with van der Waals surface area (Å²) in [6.07, 6.45) is -0.103. The zero-order valence-electron chi connectivity index (χ0n) is 19.9. The van der Waals surface area contributed by atoms with E-state index in [1.807, 2.05) is 12.1 Å². The minimum atomic E-state index is -4.02. The first-order chi connectivity index (χ1) is 18.1. The van der Waals surface area contributed by atoms with E-state index in [0.29, 0.717) is 10.2 Å². The summed E-state index contributed by atoms with van der Waals surface area (Å²) in [6.45, 7) is -0.458. The van der Waals surface area contributed by atoms with Crippen LogP contribution in [0, 0.1) is 32.8 Å². The van der Waals surface area contributed by atoms with Crippen LogP contribution in [0.4, 0.5) is 5.69 Å². The molecule has 3 rings (SSSR count). The smallest absolute Gasteiger partial charge is 0.325 e. The molecule has 38 heavy (non-hydrogen) atoms. The highest BCUT2D eigenvalue weighted by atomic mass is 32.2. The molecule has 0 N–H and O–H groups in total. The summed E-state index contributed by atoms with van der Waals surface area (Å²) in [4.78, 5) is 39.5. The number of fused-ring (bicyclic) bond motifs is 1. The van der Waals surface area contributed by atoms with Gasteiger partial charge in [-0.25, -0.2) is 8.42 Å². The number of aromatic nitrogens is 1. The number of esters is 1. The van der Waals surface area contributed by atoms with Crippen LogP contribution in [0.15, 0.2) is 52.4 Å². The highest BCUT2D eigenvalue weighted by Crippen LogP contribution is 2.24. The van der Waals surface area contributed by atoms with Gasteiger partial charge in [0.2, 0.25) is 10.0 Å². The van der Waals surface area contributed by atoms with Crippen LogP contribution in [-0.4, -0.2) is 54.3 Å². The number of hydrogen-bond donors (Lipinski definition) is 0. The van der Waals surface area contributed by atoms with Crippen LogP contribution in [0.25, 0.3) is 10.2 Å². The number of carbonyl (C=O) groups is 2. The highest BCUT2D eigenvalue weighted by Gasteiger charge is 2.24. The molecule has 0 fully saturated rings. The third-order valence-corrected chi connectivity index (χ3v) is 8.23. The number of nitro groups is 1. The van der Waals surface area contributed by atoms with Crippen LogP contribution in [-0.2, 0) is 26.1 Å². The quantitative estimate of drug-likeness (QED) is 0.205. The van der Waals surface area contributed by atoms with Gasteiger partial charge < -0.3 is 9.30 Å². The number of rotatable bonds is 10. The highest BCUT2D eigenvalue weighted by molar-refractivity contribution is 7.89. The summed E-state index contributed by atoms with van der Waals surface area (Å²) in [5.74, 6) is -1.36. The molecule has 2 aromatic carbocycles. The van der Waals surface area contributed by atoms with E-state index in [0.717, 1.165) is 15.6 Å². The second-order valence-electron chi connectivity index (χ2n) is 7.62. The number of nitriles is 2. The first kappa shape index (κ1) is 28.1. The molecule has 1 amide bonds. The van der Waals surface area contributed by atoms with Crippen LogP contribution >= 0.6 is 11.3 Å². The number of nitrogens with zero attached hydrogens (tertiary/aromatic N) is 6. The van der Waals surface area contributed by atoms with Gasteiger partial charge >= 0.3 is 5.97 Å². The average Bonchev–Trinajstić information content (AvgIpc) is 3.24. The maximum Gasteiger partial charge on any atom is 0.325 e.